The van der Waals surface area contributed by atoms with Crippen molar-refractivity contribution in [2.24, 2.45) is 0 Å². The summed E-state index contributed by atoms with van der Waals surface area (Å²) in [5.74, 6) is 2.64. The summed E-state index contributed by atoms with van der Waals surface area (Å²) in [7, 11) is 0. The van der Waals surface area contributed by atoms with Gasteiger partial charge in [-0.2, -0.15) is 0 Å². The molecule has 1 aromatic heterocycles. The van der Waals surface area contributed by atoms with E-state index in [4.69, 9.17) is 10.7 Å². The molecule has 0 unspecified atom stereocenters. The molecule has 3 heteroatoms. The minimum atomic E-state index is 0.0665. The number of nitrogens with two attached hydrogens (primary N) is 1. The fourth-order valence-corrected chi connectivity index (χ4v) is 3.05. The second kappa shape index (κ2) is 4.94. The van der Waals surface area contributed by atoms with Crippen LogP contribution in [0.2, 0.25) is 0 Å². The molecule has 0 atom stereocenters. The summed E-state index contributed by atoms with van der Waals surface area (Å²) in [6.45, 7) is 9.71. The molecule has 2 N–H and O–H groups in total. The third-order valence-corrected chi connectivity index (χ3v) is 4.01. The number of hydrogen-bond donors (Lipinski definition) is 1. The van der Waals surface area contributed by atoms with Crippen molar-refractivity contribution in [2.45, 2.75) is 77.7 Å². The molecule has 1 heterocycles. The summed E-state index contributed by atoms with van der Waals surface area (Å²) in [5, 5.41) is 0. The lowest BCUT2D eigenvalue weighted by Gasteiger charge is -2.20. The number of imidazole rings is 1. The van der Waals surface area contributed by atoms with Crippen LogP contribution in [0.5, 0.6) is 0 Å². The number of aromatic nitrogens is 2. The van der Waals surface area contributed by atoms with E-state index in [0.717, 1.165) is 18.2 Å². The van der Waals surface area contributed by atoms with Crippen LogP contribution in [0.15, 0.2) is 0 Å². The van der Waals surface area contributed by atoms with Crippen molar-refractivity contribution in [2.75, 3.05) is 5.73 Å². The zero-order valence-corrected chi connectivity index (χ0v) is 12.3. The molecular formula is C15H27N3. The molecule has 1 fully saturated rings. The Labute approximate surface area is 111 Å². The van der Waals surface area contributed by atoms with Gasteiger partial charge in [0, 0.05) is 17.9 Å². The first-order valence-corrected chi connectivity index (χ1v) is 7.31. The van der Waals surface area contributed by atoms with Crippen molar-refractivity contribution in [3.8, 4) is 0 Å². The van der Waals surface area contributed by atoms with Crippen molar-refractivity contribution in [1.82, 2.24) is 9.55 Å². The molecule has 0 spiro atoms. The molecule has 1 aromatic rings. The minimum Gasteiger partial charge on any atom is -0.384 e. The monoisotopic (exact) mass is 249 g/mol. The van der Waals surface area contributed by atoms with Crippen LogP contribution in [0.4, 0.5) is 5.82 Å². The minimum absolute atomic E-state index is 0.0665. The highest BCUT2D eigenvalue weighted by atomic mass is 15.1. The number of rotatable bonds is 2. The van der Waals surface area contributed by atoms with E-state index in [-0.39, 0.29) is 5.41 Å². The summed E-state index contributed by atoms with van der Waals surface area (Å²) < 4.78 is 2.20. The predicted molar refractivity (Wildman–Crippen MR) is 76.8 cm³/mol. The van der Waals surface area contributed by atoms with E-state index < -0.39 is 0 Å². The van der Waals surface area contributed by atoms with Crippen LogP contribution in [-0.4, -0.2) is 9.55 Å². The first kappa shape index (κ1) is 13.4. The van der Waals surface area contributed by atoms with Crippen LogP contribution in [-0.2, 0) is 12.0 Å². The molecule has 3 nitrogen and oxygen atoms in total. The Hall–Kier alpha value is -0.990. The molecular weight excluding hydrogens is 222 g/mol. The average Bonchev–Trinajstić information content (AvgIpc) is 2.67. The zero-order chi connectivity index (χ0) is 13.3. The van der Waals surface area contributed by atoms with Crippen LogP contribution in [0.3, 0.4) is 0 Å². The van der Waals surface area contributed by atoms with E-state index in [1.54, 1.807) is 0 Å². The molecule has 0 amide bonds. The van der Waals surface area contributed by atoms with Crippen molar-refractivity contribution in [3.63, 3.8) is 0 Å². The third-order valence-electron chi connectivity index (χ3n) is 4.01. The van der Waals surface area contributed by atoms with Gasteiger partial charge in [-0.3, -0.25) is 0 Å². The highest BCUT2D eigenvalue weighted by molar-refractivity contribution is 5.42. The van der Waals surface area contributed by atoms with Gasteiger partial charge in [-0.15, -0.1) is 0 Å². The van der Waals surface area contributed by atoms with Gasteiger partial charge in [0.05, 0.1) is 5.69 Å². The lowest BCUT2D eigenvalue weighted by molar-refractivity contribution is 0.436. The average molecular weight is 249 g/mol. The fraction of sp³-hybridized carbons (Fsp3) is 0.800. The van der Waals surface area contributed by atoms with Crippen LogP contribution in [0, 0.1) is 0 Å². The molecule has 0 aliphatic heterocycles. The first-order chi connectivity index (χ1) is 8.45. The summed E-state index contributed by atoms with van der Waals surface area (Å²) in [5.41, 5.74) is 7.58. The van der Waals surface area contributed by atoms with Crippen molar-refractivity contribution in [1.29, 1.82) is 0 Å². The maximum atomic E-state index is 6.34. The molecule has 102 valence electrons. The molecule has 1 aliphatic rings. The van der Waals surface area contributed by atoms with Gasteiger partial charge in [0.15, 0.2) is 0 Å². The Kier molecular flexibility index (Phi) is 3.69. The standard InChI is InChI=1S/C15H27N3/c1-5-18-13(16)12(11-9-7-6-8-10-11)17-14(18)15(2,3)4/h11H,5-10,16H2,1-4H3. The van der Waals surface area contributed by atoms with Crippen molar-refractivity contribution < 1.29 is 0 Å². The van der Waals surface area contributed by atoms with E-state index in [0.29, 0.717) is 5.92 Å². The second-order valence-electron chi connectivity index (χ2n) is 6.54. The molecule has 18 heavy (non-hydrogen) atoms. The van der Waals surface area contributed by atoms with Crippen LogP contribution >= 0.6 is 0 Å². The number of anilines is 1. The highest BCUT2D eigenvalue weighted by Crippen LogP contribution is 2.37. The van der Waals surface area contributed by atoms with Crippen LogP contribution in [0.1, 0.15) is 77.2 Å². The van der Waals surface area contributed by atoms with E-state index >= 15 is 0 Å². The van der Waals surface area contributed by atoms with E-state index in [9.17, 15) is 0 Å². The normalized spacial score (nSPS) is 18.2. The largest absolute Gasteiger partial charge is 0.384 e. The molecule has 0 radical (unpaired) electrons. The first-order valence-electron chi connectivity index (χ1n) is 7.31. The van der Waals surface area contributed by atoms with E-state index in [1.807, 2.05) is 0 Å². The van der Waals surface area contributed by atoms with Gasteiger partial charge in [-0.25, -0.2) is 4.98 Å². The van der Waals surface area contributed by atoms with Gasteiger partial charge < -0.3 is 10.3 Å². The van der Waals surface area contributed by atoms with Crippen molar-refractivity contribution in [3.05, 3.63) is 11.5 Å². The Morgan fingerprint density at radius 2 is 1.83 bits per heavy atom. The second-order valence-corrected chi connectivity index (χ2v) is 6.54. The lowest BCUT2D eigenvalue weighted by Crippen LogP contribution is -2.19. The zero-order valence-electron chi connectivity index (χ0n) is 12.3. The van der Waals surface area contributed by atoms with Crippen LogP contribution in [0.25, 0.3) is 0 Å². The van der Waals surface area contributed by atoms with Gasteiger partial charge in [0.1, 0.15) is 11.6 Å². The summed E-state index contributed by atoms with van der Waals surface area (Å²) in [6.07, 6.45) is 6.54. The maximum Gasteiger partial charge on any atom is 0.127 e. The SMILES string of the molecule is CCn1c(C(C)(C)C)nc(C2CCCCC2)c1N. The molecule has 0 saturated heterocycles. The fourth-order valence-electron chi connectivity index (χ4n) is 3.05. The van der Waals surface area contributed by atoms with Gasteiger partial charge >= 0.3 is 0 Å². The predicted octanol–water partition coefficient (Wildman–Crippen LogP) is 3.83. The topological polar surface area (TPSA) is 43.8 Å². The molecule has 1 saturated carbocycles. The van der Waals surface area contributed by atoms with Crippen LogP contribution < -0.4 is 5.73 Å². The Balaban J connectivity index is 2.39. The number of nitrogen functional groups attached to an aromatic ring is 1. The summed E-state index contributed by atoms with van der Waals surface area (Å²) in [4.78, 5) is 4.91. The molecule has 0 bridgehead atoms. The molecule has 1 aliphatic carbocycles. The number of hydrogen-bond acceptors (Lipinski definition) is 2. The lowest BCUT2D eigenvalue weighted by atomic mass is 9.87. The van der Waals surface area contributed by atoms with E-state index in [2.05, 4.69) is 32.3 Å². The summed E-state index contributed by atoms with van der Waals surface area (Å²) in [6, 6.07) is 0. The Bertz CT molecular complexity index is 406. The van der Waals surface area contributed by atoms with E-state index in [1.165, 1.54) is 37.8 Å². The Morgan fingerprint density at radius 3 is 2.28 bits per heavy atom. The quantitative estimate of drug-likeness (QED) is 0.865. The molecule has 0 aromatic carbocycles. The van der Waals surface area contributed by atoms with Crippen molar-refractivity contribution >= 4 is 5.82 Å². The maximum absolute atomic E-state index is 6.34. The molecule has 2 rings (SSSR count). The van der Waals surface area contributed by atoms with Gasteiger partial charge in [-0.1, -0.05) is 40.0 Å². The van der Waals surface area contributed by atoms with Gasteiger partial charge in [-0.05, 0) is 19.8 Å². The van der Waals surface area contributed by atoms with Gasteiger partial charge in [0.25, 0.3) is 0 Å². The third kappa shape index (κ3) is 2.40. The smallest absolute Gasteiger partial charge is 0.127 e. The highest BCUT2D eigenvalue weighted by Gasteiger charge is 2.28. The number of nitrogens with zero attached hydrogens (tertiary/aromatic N) is 2. The van der Waals surface area contributed by atoms with Gasteiger partial charge in [0.2, 0.25) is 0 Å². The Morgan fingerprint density at radius 1 is 1.22 bits per heavy atom. The summed E-state index contributed by atoms with van der Waals surface area (Å²) >= 11 is 0.